The maximum atomic E-state index is 12.4. The number of carbonyl (C=O) groups excluding carboxylic acids is 1. The molecular weight excluding hydrogens is 292 g/mol. The first-order valence-electron chi connectivity index (χ1n) is 6.59. The number of hydrogen-bond donors (Lipinski definition) is 0. The Hall–Kier alpha value is -1.86. The number of rotatable bonds is 4. The van der Waals surface area contributed by atoms with Gasteiger partial charge in [-0.05, 0) is 12.1 Å². The predicted molar refractivity (Wildman–Crippen MR) is 77.9 cm³/mol. The van der Waals surface area contributed by atoms with Crippen molar-refractivity contribution in [2.75, 3.05) is 33.3 Å². The average molecular weight is 310 g/mol. The van der Waals surface area contributed by atoms with Crippen LogP contribution >= 0.6 is 0 Å². The second-order valence-electron chi connectivity index (χ2n) is 4.59. The Morgan fingerprint density at radius 1 is 1.14 bits per heavy atom. The van der Waals surface area contributed by atoms with Gasteiger partial charge in [0.1, 0.15) is 0 Å². The molecule has 0 radical (unpaired) electrons. The Morgan fingerprint density at radius 3 is 2.33 bits per heavy atom. The number of sulfonamides is 1. The molecule has 0 atom stereocenters. The molecule has 0 saturated carbocycles. The third-order valence-corrected chi connectivity index (χ3v) is 5.19. The zero-order chi connectivity index (χ0) is 15.3. The van der Waals surface area contributed by atoms with E-state index in [0.29, 0.717) is 31.1 Å². The molecule has 1 fully saturated rings. The fraction of sp³-hybridized carbons (Fsp3) is 0.357. The molecule has 7 heteroatoms. The molecule has 0 unspecified atom stereocenters. The van der Waals surface area contributed by atoms with Crippen molar-refractivity contribution in [2.45, 2.75) is 4.90 Å². The van der Waals surface area contributed by atoms with Gasteiger partial charge in [-0.15, -0.1) is 0 Å². The second kappa shape index (κ2) is 6.73. The van der Waals surface area contributed by atoms with Gasteiger partial charge in [-0.3, -0.25) is 0 Å². The van der Waals surface area contributed by atoms with Crippen molar-refractivity contribution in [3.05, 3.63) is 42.6 Å². The maximum absolute atomic E-state index is 12.4. The summed E-state index contributed by atoms with van der Waals surface area (Å²) in [5, 5.41) is 0. The smallest absolute Gasteiger partial charge is 0.331 e. The molecule has 1 saturated heterocycles. The van der Waals surface area contributed by atoms with E-state index in [2.05, 4.69) is 4.74 Å². The molecule has 0 aliphatic carbocycles. The van der Waals surface area contributed by atoms with Gasteiger partial charge in [0.2, 0.25) is 10.0 Å². The normalized spacial score (nSPS) is 17.1. The van der Waals surface area contributed by atoms with Crippen molar-refractivity contribution < 1.29 is 17.9 Å². The van der Waals surface area contributed by atoms with Gasteiger partial charge in [-0.25, -0.2) is 13.2 Å². The average Bonchev–Trinajstić information content (AvgIpc) is 2.53. The van der Waals surface area contributed by atoms with Crippen molar-refractivity contribution in [3.63, 3.8) is 0 Å². The van der Waals surface area contributed by atoms with Crippen molar-refractivity contribution >= 4 is 16.0 Å². The molecule has 0 aromatic heterocycles. The zero-order valence-electron chi connectivity index (χ0n) is 11.8. The monoisotopic (exact) mass is 310 g/mol. The summed E-state index contributed by atoms with van der Waals surface area (Å²) in [6, 6.07) is 8.40. The van der Waals surface area contributed by atoms with Gasteiger partial charge in [0, 0.05) is 38.5 Å². The van der Waals surface area contributed by atoms with E-state index in [1.165, 1.54) is 17.5 Å². The molecule has 1 aliphatic heterocycles. The highest BCUT2D eigenvalue weighted by atomic mass is 32.2. The number of ether oxygens (including phenoxy) is 1. The Bertz CT molecular complexity index is 605. The minimum absolute atomic E-state index is 0.309. The molecule has 1 heterocycles. The fourth-order valence-electron chi connectivity index (χ4n) is 2.07. The Balaban J connectivity index is 1.98. The van der Waals surface area contributed by atoms with Crippen LogP contribution in [-0.4, -0.2) is 56.9 Å². The summed E-state index contributed by atoms with van der Waals surface area (Å²) in [5.41, 5.74) is 0. The van der Waals surface area contributed by atoms with E-state index in [9.17, 15) is 13.2 Å². The van der Waals surface area contributed by atoms with Crippen LogP contribution in [0.4, 0.5) is 0 Å². The summed E-state index contributed by atoms with van der Waals surface area (Å²) in [6.45, 7) is 1.87. The lowest BCUT2D eigenvalue weighted by Crippen LogP contribution is -2.46. The second-order valence-corrected chi connectivity index (χ2v) is 6.53. The summed E-state index contributed by atoms with van der Waals surface area (Å²) >= 11 is 0. The van der Waals surface area contributed by atoms with Crippen molar-refractivity contribution in [2.24, 2.45) is 0 Å². The third-order valence-electron chi connectivity index (χ3n) is 3.28. The van der Waals surface area contributed by atoms with E-state index in [1.54, 1.807) is 36.5 Å². The molecule has 2 rings (SSSR count). The third kappa shape index (κ3) is 3.83. The summed E-state index contributed by atoms with van der Waals surface area (Å²) < 4.78 is 30.8. The number of esters is 1. The molecule has 0 bridgehead atoms. The largest absolute Gasteiger partial charge is 0.466 e. The molecule has 0 spiro atoms. The van der Waals surface area contributed by atoms with Crippen LogP contribution in [-0.2, 0) is 19.6 Å². The lowest BCUT2D eigenvalue weighted by Gasteiger charge is -2.33. The van der Waals surface area contributed by atoms with E-state index >= 15 is 0 Å². The minimum atomic E-state index is -3.43. The van der Waals surface area contributed by atoms with E-state index < -0.39 is 16.0 Å². The zero-order valence-corrected chi connectivity index (χ0v) is 12.6. The van der Waals surface area contributed by atoms with Crippen LogP contribution in [0.3, 0.4) is 0 Å². The fourth-order valence-corrected chi connectivity index (χ4v) is 3.51. The van der Waals surface area contributed by atoms with Crippen LogP contribution < -0.4 is 0 Å². The molecule has 6 nitrogen and oxygen atoms in total. The number of benzene rings is 1. The number of nitrogens with zero attached hydrogens (tertiary/aromatic N) is 2. The SMILES string of the molecule is COC(=O)/C=C/N1CCN(S(=O)(=O)c2ccccc2)CC1. The number of methoxy groups -OCH3 is 1. The Morgan fingerprint density at radius 2 is 1.76 bits per heavy atom. The predicted octanol–water partition coefficient (Wildman–Crippen LogP) is 0.680. The first kappa shape index (κ1) is 15.5. The van der Waals surface area contributed by atoms with Crippen LogP contribution in [0.5, 0.6) is 0 Å². The summed E-state index contributed by atoms with van der Waals surface area (Å²) in [4.78, 5) is 13.2. The minimum Gasteiger partial charge on any atom is -0.466 e. The van der Waals surface area contributed by atoms with Gasteiger partial charge in [0.05, 0.1) is 12.0 Å². The van der Waals surface area contributed by atoms with Gasteiger partial charge in [-0.2, -0.15) is 4.31 Å². The molecule has 1 aromatic rings. The van der Waals surface area contributed by atoms with Gasteiger partial charge in [-0.1, -0.05) is 18.2 Å². The molecular formula is C14H18N2O4S. The Labute approximate surface area is 124 Å². The highest BCUT2D eigenvalue weighted by Gasteiger charge is 2.27. The first-order chi connectivity index (χ1) is 10.0. The topological polar surface area (TPSA) is 66.9 Å². The van der Waals surface area contributed by atoms with Gasteiger partial charge in [0.25, 0.3) is 0 Å². The van der Waals surface area contributed by atoms with Gasteiger partial charge >= 0.3 is 5.97 Å². The highest BCUT2D eigenvalue weighted by Crippen LogP contribution is 2.17. The number of carbonyl (C=O) groups is 1. The quantitative estimate of drug-likeness (QED) is 0.604. The van der Waals surface area contributed by atoms with E-state index in [1.807, 2.05) is 4.90 Å². The molecule has 1 aromatic carbocycles. The lowest BCUT2D eigenvalue weighted by molar-refractivity contribution is -0.134. The lowest BCUT2D eigenvalue weighted by atomic mass is 10.4. The molecule has 0 N–H and O–H groups in total. The van der Waals surface area contributed by atoms with Crippen molar-refractivity contribution in [1.82, 2.24) is 9.21 Å². The van der Waals surface area contributed by atoms with Crippen LogP contribution in [0.1, 0.15) is 0 Å². The Kier molecular flexibility index (Phi) is 4.98. The van der Waals surface area contributed by atoms with Crippen LogP contribution in [0.2, 0.25) is 0 Å². The molecule has 21 heavy (non-hydrogen) atoms. The molecule has 1 aliphatic rings. The van der Waals surface area contributed by atoms with Crippen molar-refractivity contribution in [3.8, 4) is 0 Å². The van der Waals surface area contributed by atoms with Gasteiger partial charge in [0.15, 0.2) is 0 Å². The number of hydrogen-bond acceptors (Lipinski definition) is 5. The van der Waals surface area contributed by atoms with Gasteiger partial charge < -0.3 is 9.64 Å². The summed E-state index contributed by atoms with van der Waals surface area (Å²) in [7, 11) is -2.11. The van der Waals surface area contributed by atoms with Crippen LogP contribution in [0.25, 0.3) is 0 Å². The standard InChI is InChI=1S/C14H18N2O4S/c1-20-14(17)7-8-15-9-11-16(12-10-15)21(18,19)13-5-3-2-4-6-13/h2-8H,9-12H2,1H3/b8-7+. The van der Waals surface area contributed by atoms with E-state index in [4.69, 9.17) is 0 Å². The highest BCUT2D eigenvalue weighted by molar-refractivity contribution is 7.89. The van der Waals surface area contributed by atoms with E-state index in [0.717, 1.165) is 0 Å². The van der Waals surface area contributed by atoms with Crippen LogP contribution in [0.15, 0.2) is 47.5 Å². The summed E-state index contributed by atoms with van der Waals surface area (Å²) in [6.07, 6.45) is 2.97. The molecule has 0 amide bonds. The summed E-state index contributed by atoms with van der Waals surface area (Å²) in [5.74, 6) is -0.422. The number of piperazine rings is 1. The van der Waals surface area contributed by atoms with Crippen molar-refractivity contribution in [1.29, 1.82) is 0 Å². The first-order valence-corrected chi connectivity index (χ1v) is 8.03. The van der Waals surface area contributed by atoms with Crippen LogP contribution in [0, 0.1) is 0 Å². The van der Waals surface area contributed by atoms with E-state index in [-0.39, 0.29) is 0 Å². The molecule has 114 valence electrons. The maximum Gasteiger partial charge on any atom is 0.331 e.